The lowest BCUT2D eigenvalue weighted by molar-refractivity contribution is 0.791. The number of halogens is 1. The highest BCUT2D eigenvalue weighted by atomic mass is 35.5. The van der Waals surface area contributed by atoms with E-state index in [1.54, 1.807) is 16.8 Å². The molecule has 0 aliphatic carbocycles. The van der Waals surface area contributed by atoms with E-state index in [4.69, 9.17) is 17.3 Å². The summed E-state index contributed by atoms with van der Waals surface area (Å²) in [5.74, 6) is 0.661. The second-order valence-corrected chi connectivity index (χ2v) is 4.20. The van der Waals surface area contributed by atoms with Crippen LogP contribution >= 0.6 is 11.6 Å². The minimum atomic E-state index is 0.291. The molecule has 90 valence electrons. The van der Waals surface area contributed by atoms with Crippen LogP contribution in [0.25, 0.3) is 16.9 Å². The first-order valence-corrected chi connectivity index (χ1v) is 5.83. The molecule has 2 N–H and O–H groups in total. The summed E-state index contributed by atoms with van der Waals surface area (Å²) in [5.41, 5.74) is 7.96. The molecule has 5 nitrogen and oxygen atoms in total. The Hall–Kier alpha value is -1.98. The minimum absolute atomic E-state index is 0.291. The van der Waals surface area contributed by atoms with Crippen LogP contribution in [0, 0.1) is 0 Å². The Kier molecular flexibility index (Phi) is 2.70. The van der Waals surface area contributed by atoms with Crippen molar-refractivity contribution in [2.75, 3.05) is 0 Å². The molecule has 0 aliphatic heterocycles. The second kappa shape index (κ2) is 4.36. The lowest BCUT2D eigenvalue weighted by Gasteiger charge is -2.05. The summed E-state index contributed by atoms with van der Waals surface area (Å²) < 4.78 is 1.67. The molecular weight excluding hydrogens is 250 g/mol. The van der Waals surface area contributed by atoms with Gasteiger partial charge in [0.25, 0.3) is 0 Å². The zero-order valence-electron chi connectivity index (χ0n) is 9.42. The normalized spacial score (nSPS) is 11.0. The highest BCUT2D eigenvalue weighted by Gasteiger charge is 2.08. The third kappa shape index (κ3) is 1.73. The zero-order chi connectivity index (χ0) is 12.5. The van der Waals surface area contributed by atoms with Crippen LogP contribution in [0.5, 0.6) is 0 Å². The van der Waals surface area contributed by atoms with E-state index in [1.165, 1.54) is 0 Å². The number of nitrogens with zero attached hydrogens (tertiary/aromatic N) is 4. The molecule has 0 saturated heterocycles. The zero-order valence-corrected chi connectivity index (χ0v) is 10.2. The van der Waals surface area contributed by atoms with Gasteiger partial charge in [0.1, 0.15) is 5.52 Å². The molecule has 0 unspecified atom stereocenters. The van der Waals surface area contributed by atoms with Gasteiger partial charge in [0, 0.05) is 6.54 Å². The molecule has 1 aromatic carbocycles. The Morgan fingerprint density at radius 2 is 2.00 bits per heavy atom. The number of para-hydroxylation sites is 1. The topological polar surface area (TPSA) is 69.6 Å². The number of fused-ring (bicyclic) bond motifs is 1. The molecule has 0 spiro atoms. The summed E-state index contributed by atoms with van der Waals surface area (Å²) in [6, 6.07) is 11.3. The predicted octanol–water partition coefficient (Wildman–Crippen LogP) is 1.93. The van der Waals surface area contributed by atoms with Crippen LogP contribution < -0.4 is 5.73 Å². The van der Waals surface area contributed by atoms with Crippen LogP contribution in [0.1, 0.15) is 5.69 Å². The molecule has 0 bridgehead atoms. The monoisotopic (exact) mass is 259 g/mol. The molecular formula is C12H10ClN5. The largest absolute Gasteiger partial charge is 0.325 e. The van der Waals surface area contributed by atoms with Gasteiger partial charge < -0.3 is 5.73 Å². The van der Waals surface area contributed by atoms with E-state index < -0.39 is 0 Å². The molecule has 2 heterocycles. The average molecular weight is 260 g/mol. The molecule has 6 heteroatoms. The van der Waals surface area contributed by atoms with E-state index >= 15 is 0 Å². The van der Waals surface area contributed by atoms with Crippen molar-refractivity contribution >= 4 is 22.6 Å². The van der Waals surface area contributed by atoms with Crippen molar-refractivity contribution in [3.05, 3.63) is 47.1 Å². The van der Waals surface area contributed by atoms with Crippen molar-refractivity contribution in [1.29, 1.82) is 0 Å². The summed E-state index contributed by atoms with van der Waals surface area (Å²) in [7, 11) is 0. The summed E-state index contributed by atoms with van der Waals surface area (Å²) in [6.45, 7) is 0.291. The SMILES string of the molecule is NCc1nc(-n2nnc3ccccc32)ccc1Cl. The van der Waals surface area contributed by atoms with Gasteiger partial charge in [-0.15, -0.1) is 5.10 Å². The Labute approximate surface area is 108 Å². The number of benzene rings is 1. The average Bonchev–Trinajstić information content (AvgIpc) is 2.83. The van der Waals surface area contributed by atoms with Crippen molar-refractivity contribution in [1.82, 2.24) is 20.0 Å². The molecule has 3 aromatic rings. The predicted molar refractivity (Wildman–Crippen MR) is 69.6 cm³/mol. The van der Waals surface area contributed by atoms with Crippen molar-refractivity contribution in [2.24, 2.45) is 5.73 Å². The molecule has 0 radical (unpaired) electrons. The van der Waals surface area contributed by atoms with E-state index in [1.807, 2.05) is 24.3 Å². The van der Waals surface area contributed by atoms with E-state index in [9.17, 15) is 0 Å². The van der Waals surface area contributed by atoms with E-state index in [-0.39, 0.29) is 0 Å². The van der Waals surface area contributed by atoms with E-state index in [2.05, 4.69) is 15.3 Å². The van der Waals surface area contributed by atoms with Crippen molar-refractivity contribution in [3.63, 3.8) is 0 Å². The number of nitrogens with two attached hydrogens (primary N) is 1. The van der Waals surface area contributed by atoms with Crippen molar-refractivity contribution in [3.8, 4) is 5.82 Å². The Bertz CT molecular complexity index is 707. The van der Waals surface area contributed by atoms with Crippen LogP contribution in [0.15, 0.2) is 36.4 Å². The van der Waals surface area contributed by atoms with Gasteiger partial charge in [-0.25, -0.2) is 4.98 Å². The minimum Gasteiger partial charge on any atom is -0.325 e. The van der Waals surface area contributed by atoms with Gasteiger partial charge in [-0.05, 0) is 24.3 Å². The van der Waals surface area contributed by atoms with Gasteiger partial charge in [0.2, 0.25) is 0 Å². The maximum absolute atomic E-state index is 5.99. The van der Waals surface area contributed by atoms with Gasteiger partial charge in [-0.1, -0.05) is 28.9 Å². The Balaban J connectivity index is 2.20. The fourth-order valence-electron chi connectivity index (χ4n) is 1.77. The van der Waals surface area contributed by atoms with Crippen LogP contribution in [-0.4, -0.2) is 20.0 Å². The lowest BCUT2D eigenvalue weighted by atomic mass is 10.3. The molecule has 18 heavy (non-hydrogen) atoms. The maximum atomic E-state index is 5.99. The maximum Gasteiger partial charge on any atom is 0.156 e. The Morgan fingerprint density at radius 1 is 1.17 bits per heavy atom. The highest BCUT2D eigenvalue weighted by Crippen LogP contribution is 2.18. The summed E-state index contributed by atoms with van der Waals surface area (Å²) in [4.78, 5) is 4.39. The van der Waals surface area contributed by atoms with Gasteiger partial charge in [0.15, 0.2) is 5.82 Å². The second-order valence-electron chi connectivity index (χ2n) is 3.79. The third-order valence-corrected chi connectivity index (χ3v) is 3.01. The van der Waals surface area contributed by atoms with Gasteiger partial charge >= 0.3 is 0 Å². The number of pyridine rings is 1. The van der Waals surface area contributed by atoms with E-state index in [0.717, 1.165) is 11.0 Å². The first-order valence-electron chi connectivity index (χ1n) is 5.46. The number of aromatic nitrogens is 4. The van der Waals surface area contributed by atoms with Gasteiger partial charge in [-0.2, -0.15) is 4.68 Å². The highest BCUT2D eigenvalue weighted by molar-refractivity contribution is 6.31. The summed E-state index contributed by atoms with van der Waals surface area (Å²) in [6.07, 6.45) is 0. The van der Waals surface area contributed by atoms with Crippen molar-refractivity contribution < 1.29 is 0 Å². The number of hydrogen-bond acceptors (Lipinski definition) is 4. The number of rotatable bonds is 2. The first kappa shape index (κ1) is 11.1. The smallest absolute Gasteiger partial charge is 0.156 e. The molecule has 0 amide bonds. The van der Waals surface area contributed by atoms with Crippen LogP contribution in [-0.2, 0) is 6.54 Å². The lowest BCUT2D eigenvalue weighted by Crippen LogP contribution is -2.06. The van der Waals surface area contributed by atoms with E-state index in [0.29, 0.717) is 23.1 Å². The fraction of sp³-hybridized carbons (Fsp3) is 0.0833. The first-order chi connectivity index (χ1) is 8.79. The molecule has 0 atom stereocenters. The third-order valence-electron chi connectivity index (χ3n) is 2.67. The molecule has 3 rings (SSSR count). The van der Waals surface area contributed by atoms with Crippen LogP contribution in [0.3, 0.4) is 0 Å². The molecule has 0 saturated carbocycles. The van der Waals surface area contributed by atoms with Crippen molar-refractivity contribution in [2.45, 2.75) is 6.54 Å². The van der Waals surface area contributed by atoms with Gasteiger partial charge in [-0.3, -0.25) is 0 Å². The van der Waals surface area contributed by atoms with Gasteiger partial charge in [0.05, 0.1) is 16.2 Å². The summed E-state index contributed by atoms with van der Waals surface area (Å²) in [5, 5.41) is 8.73. The quantitative estimate of drug-likeness (QED) is 0.763. The molecule has 0 aliphatic rings. The van der Waals surface area contributed by atoms with Crippen LogP contribution in [0.2, 0.25) is 5.02 Å². The molecule has 0 fully saturated rings. The van der Waals surface area contributed by atoms with Crippen LogP contribution in [0.4, 0.5) is 0 Å². The summed E-state index contributed by atoms with van der Waals surface area (Å²) >= 11 is 5.99. The molecule has 2 aromatic heterocycles. The number of hydrogen-bond donors (Lipinski definition) is 1. The fourth-order valence-corrected chi connectivity index (χ4v) is 1.95. The Morgan fingerprint density at radius 3 is 2.83 bits per heavy atom. The standard InChI is InChI=1S/C12H10ClN5/c13-8-5-6-12(15-10(8)7-14)18-11-4-2-1-3-9(11)16-17-18/h1-6H,7,14H2.